The molecule has 3 aromatic rings. The Hall–Kier alpha value is -3.78. The molecule has 2 aliphatic carbocycles. The highest BCUT2D eigenvalue weighted by molar-refractivity contribution is 5.99. The fourth-order valence-corrected chi connectivity index (χ4v) is 8.41. The van der Waals surface area contributed by atoms with Crippen LogP contribution in [0.1, 0.15) is 117 Å². The Morgan fingerprint density at radius 3 is 2.51 bits per heavy atom. The van der Waals surface area contributed by atoms with E-state index in [0.717, 1.165) is 68.2 Å². The molecule has 0 radical (unpaired) electrons. The molecule has 7 rings (SSSR count). The predicted octanol–water partition coefficient (Wildman–Crippen LogP) is 7.29. The van der Waals surface area contributed by atoms with Gasteiger partial charge in [0.25, 0.3) is 5.56 Å². The number of ketones is 1. The van der Waals surface area contributed by atoms with Crippen molar-refractivity contribution >= 4 is 17.4 Å². The lowest BCUT2D eigenvalue weighted by Gasteiger charge is -2.48. The molecule has 3 atom stereocenters. The number of hydrogen-bond acceptors (Lipinski definition) is 5. The predicted molar refractivity (Wildman–Crippen MR) is 179 cm³/mol. The maximum absolute atomic E-state index is 14.3. The fraction of sp³-hybridized carbons (Fsp3) is 0.513. The third-order valence-electron chi connectivity index (χ3n) is 11.2. The summed E-state index contributed by atoms with van der Waals surface area (Å²) in [6.07, 6.45) is 11.5. The molecule has 1 amide bonds. The van der Waals surface area contributed by atoms with Gasteiger partial charge in [-0.3, -0.25) is 14.4 Å². The Labute approximate surface area is 275 Å². The van der Waals surface area contributed by atoms with Gasteiger partial charge >= 0.3 is 0 Å². The van der Waals surface area contributed by atoms with Gasteiger partial charge in [0, 0.05) is 42.8 Å². The van der Waals surface area contributed by atoms with Crippen LogP contribution in [-0.2, 0) is 11.2 Å². The number of anilines is 1. The van der Waals surface area contributed by atoms with Gasteiger partial charge in [0.05, 0.1) is 6.10 Å². The number of aliphatic hydroxyl groups is 1. The van der Waals surface area contributed by atoms with Crippen molar-refractivity contribution in [3.8, 4) is 5.75 Å². The molecule has 3 fully saturated rings. The molecule has 1 aromatic heterocycles. The normalized spacial score (nSPS) is 21.7. The number of rotatable bonds is 11. The minimum atomic E-state index is -0.767. The number of benzene rings is 2. The summed E-state index contributed by atoms with van der Waals surface area (Å²) in [4.78, 5) is 42.0. The molecule has 1 saturated heterocycles. The molecule has 2 aliphatic heterocycles. The average Bonchev–Trinajstić information content (AvgIpc) is 3.75. The van der Waals surface area contributed by atoms with E-state index in [4.69, 9.17) is 4.74 Å². The van der Waals surface area contributed by atoms with Crippen LogP contribution in [0.15, 0.2) is 65.6 Å². The van der Waals surface area contributed by atoms with Crippen LogP contribution in [0.2, 0.25) is 0 Å². The third kappa shape index (κ3) is 6.67. The number of halogens is 1. The second-order valence-electron chi connectivity index (χ2n) is 14.4. The van der Waals surface area contributed by atoms with E-state index in [1.165, 1.54) is 6.07 Å². The van der Waals surface area contributed by atoms with Crippen molar-refractivity contribution in [2.24, 2.45) is 5.92 Å². The van der Waals surface area contributed by atoms with Crippen molar-refractivity contribution in [2.75, 3.05) is 11.4 Å². The summed E-state index contributed by atoms with van der Waals surface area (Å²) < 4.78 is 22.4. The van der Waals surface area contributed by atoms with Crippen molar-refractivity contribution in [1.82, 2.24) is 4.57 Å². The van der Waals surface area contributed by atoms with Crippen molar-refractivity contribution in [2.45, 2.75) is 114 Å². The number of carbonyl (C=O) groups excluding carboxylic acids is 2. The molecule has 0 unspecified atom stereocenters. The topological polar surface area (TPSA) is 88.8 Å². The monoisotopic (exact) mass is 640 g/mol. The molecule has 2 aromatic carbocycles. The number of fused-ring (bicyclic) bond motifs is 1. The van der Waals surface area contributed by atoms with Crippen molar-refractivity contribution in [1.29, 1.82) is 0 Å². The minimum absolute atomic E-state index is 0.0172. The highest BCUT2D eigenvalue weighted by atomic mass is 19.1. The van der Waals surface area contributed by atoms with Crippen molar-refractivity contribution in [3.63, 3.8) is 0 Å². The van der Waals surface area contributed by atoms with E-state index in [0.29, 0.717) is 49.9 Å². The molecule has 4 aliphatic rings. The molecule has 0 bridgehead atoms. The summed E-state index contributed by atoms with van der Waals surface area (Å²) in [5.41, 5.74) is 2.20. The number of hydrogen-bond donors (Lipinski definition) is 1. The van der Waals surface area contributed by atoms with Gasteiger partial charge in [-0.2, -0.15) is 0 Å². The lowest BCUT2D eigenvalue weighted by atomic mass is 9.69. The molecular formula is C39H45FN2O5. The molecule has 1 N–H and O–H groups in total. The Balaban J connectivity index is 1.14. The second kappa shape index (κ2) is 13.4. The van der Waals surface area contributed by atoms with Gasteiger partial charge in [0.2, 0.25) is 5.91 Å². The third-order valence-corrected chi connectivity index (χ3v) is 11.2. The zero-order valence-corrected chi connectivity index (χ0v) is 27.0. The van der Waals surface area contributed by atoms with Crippen LogP contribution in [0.5, 0.6) is 5.75 Å². The van der Waals surface area contributed by atoms with E-state index < -0.39 is 6.10 Å². The first-order valence-electron chi connectivity index (χ1n) is 17.6. The Morgan fingerprint density at radius 2 is 1.81 bits per heavy atom. The summed E-state index contributed by atoms with van der Waals surface area (Å²) in [5.74, 6) is -0.0654. The quantitative estimate of drug-likeness (QED) is 0.223. The smallest absolute Gasteiger partial charge is 0.274 e. The van der Waals surface area contributed by atoms with Gasteiger partial charge in [-0.1, -0.05) is 43.2 Å². The van der Waals surface area contributed by atoms with Crippen molar-refractivity contribution in [3.05, 3.63) is 93.7 Å². The number of nitrogens with zero attached hydrogens (tertiary/aromatic N) is 2. The first-order valence-corrected chi connectivity index (χ1v) is 17.6. The van der Waals surface area contributed by atoms with Gasteiger partial charge in [-0.05, 0) is 106 Å². The molecule has 1 spiro atoms. The Kier molecular flexibility index (Phi) is 9.05. The van der Waals surface area contributed by atoms with E-state index >= 15 is 0 Å². The highest BCUT2D eigenvalue weighted by Crippen LogP contribution is 2.51. The molecule has 2 saturated carbocycles. The second-order valence-corrected chi connectivity index (χ2v) is 14.4. The van der Waals surface area contributed by atoms with Gasteiger partial charge < -0.3 is 19.3 Å². The van der Waals surface area contributed by atoms with E-state index in [9.17, 15) is 23.9 Å². The summed E-state index contributed by atoms with van der Waals surface area (Å²) >= 11 is 0. The largest absolute Gasteiger partial charge is 0.487 e. The van der Waals surface area contributed by atoms with Crippen LogP contribution in [0.4, 0.5) is 10.1 Å². The lowest BCUT2D eigenvalue weighted by Crippen LogP contribution is -2.47. The number of amides is 1. The first kappa shape index (κ1) is 31.8. The molecule has 47 heavy (non-hydrogen) atoms. The van der Waals surface area contributed by atoms with Crippen LogP contribution in [-0.4, -0.2) is 39.6 Å². The zero-order valence-electron chi connectivity index (χ0n) is 27.0. The number of Topliss-reactive ketones (excluding diaryl/α,β-unsaturated/α-hetero) is 1. The molecule has 248 valence electrons. The van der Waals surface area contributed by atoms with E-state index in [1.807, 2.05) is 30.3 Å². The van der Waals surface area contributed by atoms with Crippen LogP contribution >= 0.6 is 0 Å². The summed E-state index contributed by atoms with van der Waals surface area (Å²) in [5, 5.41) is 11.8. The summed E-state index contributed by atoms with van der Waals surface area (Å²) in [7, 11) is 0. The molecular weight excluding hydrogens is 595 g/mol. The number of aromatic nitrogens is 1. The van der Waals surface area contributed by atoms with Crippen LogP contribution in [0, 0.1) is 11.7 Å². The van der Waals surface area contributed by atoms with Gasteiger partial charge in [0.15, 0.2) is 5.78 Å². The number of carbonyl (C=O) groups is 2. The Morgan fingerprint density at radius 1 is 1.02 bits per heavy atom. The lowest BCUT2D eigenvalue weighted by molar-refractivity contribution is -0.117. The molecule has 3 heterocycles. The average molecular weight is 641 g/mol. The maximum Gasteiger partial charge on any atom is 0.274 e. The van der Waals surface area contributed by atoms with Gasteiger partial charge in [-0.15, -0.1) is 0 Å². The summed E-state index contributed by atoms with van der Waals surface area (Å²) in [6, 6.07) is 16.3. The number of ether oxygens (including phenoxy) is 1. The maximum atomic E-state index is 14.3. The minimum Gasteiger partial charge on any atom is -0.487 e. The molecule has 8 heteroatoms. The van der Waals surface area contributed by atoms with E-state index in [2.05, 4.69) is 0 Å². The Bertz CT molecular complexity index is 1680. The van der Waals surface area contributed by atoms with E-state index in [1.54, 1.807) is 33.9 Å². The first-order chi connectivity index (χ1) is 22.8. The SMILES string of the molecule is O=C(C[C@@H](Cc1ccccc1)[C@H](O)CC[C@H]1CC2(CCC2)Oc2ccc(F)cc21)c1cc(N2CCCC2=O)c(=O)n(C2CCCC2)c1. The standard InChI is InChI=1S/C39H45FN2O5/c40-30-14-16-36-32(23-30)27(24-39(47-36)17-7-18-39)13-15-34(43)28(20-26-8-2-1-3-9-26)22-35(44)29-21-33(41-19-6-12-37(41)45)38(46)42(25-29)31-10-4-5-11-31/h1-3,8-9,14,16,21,23,25,27-28,31,34,43H,4-7,10-13,15,17-20,22,24H2/t27-,28+,34+/m0/s1. The van der Waals surface area contributed by atoms with Crippen LogP contribution in [0.3, 0.4) is 0 Å². The molecule has 7 nitrogen and oxygen atoms in total. The van der Waals surface area contributed by atoms with E-state index in [-0.39, 0.29) is 53.0 Å². The van der Waals surface area contributed by atoms with Crippen LogP contribution < -0.4 is 15.2 Å². The fourth-order valence-electron chi connectivity index (χ4n) is 8.41. The zero-order chi connectivity index (χ0) is 32.5. The summed E-state index contributed by atoms with van der Waals surface area (Å²) in [6.45, 7) is 0.478. The van der Waals surface area contributed by atoms with Gasteiger partial charge in [-0.25, -0.2) is 4.39 Å². The van der Waals surface area contributed by atoms with Crippen molar-refractivity contribution < 1.29 is 23.8 Å². The van der Waals surface area contributed by atoms with Gasteiger partial charge in [0.1, 0.15) is 22.9 Å². The number of pyridine rings is 1. The van der Waals surface area contributed by atoms with Crippen LogP contribution in [0.25, 0.3) is 0 Å². The highest BCUT2D eigenvalue weighted by Gasteiger charge is 2.45. The number of aliphatic hydroxyl groups excluding tert-OH is 1.